The molecular formula is C10H14F6NO2P. The molecule has 0 aliphatic rings. The Hall–Kier alpha value is -1.34. The van der Waals surface area contributed by atoms with E-state index in [1.54, 1.807) is 12.1 Å². The van der Waals surface area contributed by atoms with E-state index in [-0.39, 0.29) is 0 Å². The molecule has 0 bridgehead atoms. The Labute approximate surface area is 111 Å². The van der Waals surface area contributed by atoms with Crippen molar-refractivity contribution in [3.8, 4) is 0 Å². The topological polar surface area (TPSA) is 37.3 Å². The van der Waals surface area contributed by atoms with E-state index in [0.717, 1.165) is 5.69 Å². The molecule has 0 saturated carbocycles. The van der Waals surface area contributed by atoms with E-state index in [0.29, 0.717) is 10.0 Å². The fourth-order valence-electron chi connectivity index (χ4n) is 1.05. The third-order valence-corrected chi connectivity index (χ3v) is 1.89. The summed E-state index contributed by atoms with van der Waals surface area (Å²) < 4.78 is 59.9. The average Bonchev–Trinajstić information content (AvgIpc) is 2.11. The summed E-state index contributed by atoms with van der Waals surface area (Å²) in [7, 11) is -4.54. The van der Waals surface area contributed by atoms with Crippen LogP contribution in [0.25, 0.3) is 0 Å². The van der Waals surface area contributed by atoms with E-state index < -0.39 is 13.8 Å². The van der Waals surface area contributed by atoms with Crippen LogP contribution in [0.2, 0.25) is 0 Å². The van der Waals surface area contributed by atoms with Crippen LogP contribution in [0.15, 0.2) is 24.3 Å². The Morgan fingerprint density at radius 1 is 0.950 bits per heavy atom. The van der Waals surface area contributed by atoms with Crippen LogP contribution in [0.3, 0.4) is 0 Å². The second-order valence-electron chi connectivity index (χ2n) is 4.82. The average molecular weight is 325 g/mol. The number of quaternary nitrogens is 1. The Morgan fingerprint density at radius 2 is 1.25 bits per heavy atom. The van der Waals surface area contributed by atoms with Gasteiger partial charge in [0.25, 0.3) is 0 Å². The zero-order valence-corrected chi connectivity index (χ0v) is 11.7. The van der Waals surface area contributed by atoms with E-state index in [9.17, 15) is 30.0 Å². The van der Waals surface area contributed by atoms with Crippen molar-refractivity contribution in [2.75, 3.05) is 21.1 Å². The zero-order chi connectivity index (χ0) is 16.5. The molecule has 0 amide bonds. The fraction of sp³-hybridized carbons (Fsp3) is 0.300. The summed E-state index contributed by atoms with van der Waals surface area (Å²) in [5.74, 6) is -0.882. The van der Waals surface area contributed by atoms with E-state index in [1.807, 2.05) is 33.3 Å². The number of hydrogen-bond donors (Lipinski definition) is 1. The monoisotopic (exact) mass is 325 g/mol. The van der Waals surface area contributed by atoms with Gasteiger partial charge in [-0.2, -0.15) is 0 Å². The van der Waals surface area contributed by atoms with E-state index in [1.165, 1.54) is 0 Å². The minimum absolute atomic E-state index is 0.331. The molecule has 0 aliphatic heterocycles. The second-order valence-corrected chi connectivity index (χ2v) is 6.74. The van der Waals surface area contributed by atoms with Crippen LogP contribution in [0, 0.1) is 0 Å². The normalized spacial score (nSPS) is 15.4. The van der Waals surface area contributed by atoms with Gasteiger partial charge in [-0.25, -0.2) is 4.79 Å². The predicted octanol–water partition coefficient (Wildman–Crippen LogP) is 4.96. The summed E-state index contributed by atoms with van der Waals surface area (Å²) in [4.78, 5) is 10.6. The summed E-state index contributed by atoms with van der Waals surface area (Å²) in [5, 5.41) is 8.67. The van der Waals surface area contributed by atoms with Gasteiger partial charge in [-0.05, 0) is 24.3 Å². The molecule has 0 heterocycles. The van der Waals surface area contributed by atoms with Crippen molar-refractivity contribution in [2.24, 2.45) is 0 Å². The first-order valence-corrected chi connectivity index (χ1v) is 7.11. The first-order valence-electron chi connectivity index (χ1n) is 5.08. The Kier molecular flexibility index (Phi) is 4.29. The van der Waals surface area contributed by atoms with Gasteiger partial charge in [-0.15, -0.1) is 0 Å². The van der Waals surface area contributed by atoms with Crippen molar-refractivity contribution in [2.45, 2.75) is 0 Å². The SMILES string of the molecule is C[N+](C)(C)c1ccc(C(=O)O)cc1.F[P-](F)(F)(F)(F)F. The molecule has 0 fully saturated rings. The van der Waals surface area contributed by atoms with E-state index in [4.69, 9.17) is 5.11 Å². The number of carboxylic acids is 1. The Bertz CT molecular complexity index is 477. The molecule has 0 atom stereocenters. The number of nitrogens with zero attached hydrogens (tertiary/aromatic N) is 1. The van der Waals surface area contributed by atoms with Crippen molar-refractivity contribution in [1.82, 2.24) is 4.48 Å². The van der Waals surface area contributed by atoms with Gasteiger partial charge in [-0.3, -0.25) is 4.48 Å². The number of rotatable bonds is 2. The van der Waals surface area contributed by atoms with Crippen molar-refractivity contribution in [3.63, 3.8) is 0 Å². The van der Waals surface area contributed by atoms with Gasteiger partial charge in [-0.1, -0.05) is 0 Å². The maximum atomic E-state index is 10.6. The number of halogens is 6. The third-order valence-electron chi connectivity index (χ3n) is 1.89. The van der Waals surface area contributed by atoms with Gasteiger partial charge in [0.2, 0.25) is 0 Å². The van der Waals surface area contributed by atoms with E-state index >= 15 is 0 Å². The number of aromatic carboxylic acids is 1. The fourth-order valence-corrected chi connectivity index (χ4v) is 1.05. The van der Waals surface area contributed by atoms with Crippen molar-refractivity contribution in [1.29, 1.82) is 0 Å². The van der Waals surface area contributed by atoms with Gasteiger partial charge in [0.1, 0.15) is 5.69 Å². The van der Waals surface area contributed by atoms with Crippen LogP contribution in [0.5, 0.6) is 0 Å². The molecule has 20 heavy (non-hydrogen) atoms. The number of benzene rings is 1. The van der Waals surface area contributed by atoms with Crippen LogP contribution in [0.4, 0.5) is 30.9 Å². The molecule has 0 saturated heterocycles. The summed E-state index contributed by atoms with van der Waals surface area (Å²) >= 11 is 0. The van der Waals surface area contributed by atoms with Crippen molar-refractivity contribution >= 4 is 19.5 Å². The Balaban J connectivity index is 0.000000441. The molecule has 3 nitrogen and oxygen atoms in total. The van der Waals surface area contributed by atoms with Crippen LogP contribution < -0.4 is 4.48 Å². The molecule has 0 aromatic heterocycles. The number of carboxylic acid groups (broad SMARTS) is 1. The zero-order valence-electron chi connectivity index (χ0n) is 10.8. The standard InChI is InChI=1S/C10H13NO2.F6P/c1-11(2,3)9-6-4-8(5-7-9)10(12)13;1-7(2,3,4,5)6/h4-7H,1-3H3;/q;-1/p+1. The maximum absolute atomic E-state index is 10.7. The Morgan fingerprint density at radius 3 is 1.45 bits per heavy atom. The second kappa shape index (κ2) is 4.60. The molecule has 0 aliphatic carbocycles. The molecule has 0 radical (unpaired) electrons. The predicted molar refractivity (Wildman–Crippen MR) is 66.5 cm³/mol. The number of hydrogen-bond acceptors (Lipinski definition) is 1. The molecular weight excluding hydrogens is 311 g/mol. The summed E-state index contributed by atoms with van der Waals surface area (Å²) in [6.07, 6.45) is 0. The van der Waals surface area contributed by atoms with Gasteiger partial charge in [0.15, 0.2) is 0 Å². The van der Waals surface area contributed by atoms with Gasteiger partial charge in [0, 0.05) is 0 Å². The van der Waals surface area contributed by atoms with Crippen LogP contribution in [0.1, 0.15) is 10.4 Å². The first-order chi connectivity index (χ1) is 8.36. The van der Waals surface area contributed by atoms with Gasteiger partial charge >= 0.3 is 39.0 Å². The summed E-state index contributed by atoms with van der Waals surface area (Å²) in [5.41, 5.74) is 1.42. The van der Waals surface area contributed by atoms with Gasteiger partial charge < -0.3 is 5.11 Å². The molecule has 1 aromatic carbocycles. The van der Waals surface area contributed by atoms with Crippen molar-refractivity contribution in [3.05, 3.63) is 29.8 Å². The van der Waals surface area contributed by atoms with Crippen molar-refractivity contribution < 1.29 is 35.1 Å². The molecule has 0 unspecified atom stereocenters. The van der Waals surface area contributed by atoms with E-state index in [2.05, 4.69) is 0 Å². The van der Waals surface area contributed by atoms with Crippen LogP contribution >= 0.6 is 7.81 Å². The van der Waals surface area contributed by atoms with Crippen LogP contribution in [-0.4, -0.2) is 32.2 Å². The van der Waals surface area contributed by atoms with Crippen LogP contribution in [-0.2, 0) is 0 Å². The summed E-state index contributed by atoms with van der Waals surface area (Å²) in [6.45, 7) is 0. The molecule has 0 spiro atoms. The quantitative estimate of drug-likeness (QED) is 0.474. The summed E-state index contributed by atoms with van der Waals surface area (Å²) in [6, 6.07) is 6.93. The first kappa shape index (κ1) is 18.7. The van der Waals surface area contributed by atoms with Gasteiger partial charge in [0.05, 0.1) is 26.7 Å². The number of carbonyl (C=O) groups is 1. The minimum atomic E-state index is -10.7. The third kappa shape index (κ3) is 11.7. The molecule has 1 N–H and O–H groups in total. The molecule has 10 heteroatoms. The molecule has 118 valence electrons. The molecule has 1 rings (SSSR count). The molecule has 1 aromatic rings.